The summed E-state index contributed by atoms with van der Waals surface area (Å²) in [6, 6.07) is 7.45. The quantitative estimate of drug-likeness (QED) is 0.719. The summed E-state index contributed by atoms with van der Waals surface area (Å²) in [5, 5.41) is 0. The Bertz CT molecular complexity index is 313. The smallest absolute Gasteiger partial charge is 0.282 e. The van der Waals surface area contributed by atoms with Crippen LogP contribution in [0.3, 0.4) is 0 Å². The van der Waals surface area contributed by atoms with Gasteiger partial charge in [-0.1, -0.05) is 17.7 Å². The Balaban J connectivity index is 2.92. The lowest BCUT2D eigenvalue weighted by atomic mass is 10.2. The molecule has 2 nitrogen and oxygen atoms in total. The van der Waals surface area contributed by atoms with Crippen LogP contribution in [0.1, 0.15) is 12.5 Å². The molecule has 0 heterocycles. The van der Waals surface area contributed by atoms with Crippen LogP contribution in [-0.4, -0.2) is 26.3 Å². The molecule has 0 radical (unpaired) electrons. The van der Waals surface area contributed by atoms with Crippen LogP contribution in [0.5, 0.6) is 0 Å². The molecule has 0 spiro atoms. The van der Waals surface area contributed by atoms with Gasteiger partial charge in [0.2, 0.25) is 0 Å². The van der Waals surface area contributed by atoms with Crippen molar-refractivity contribution in [3.8, 4) is 0 Å². The molecule has 0 saturated carbocycles. The number of ether oxygens (including phenoxy) is 1. The average molecular weight is 229 g/mol. The summed E-state index contributed by atoms with van der Waals surface area (Å²) >= 11 is 0. The SMILES string of the molecule is CCN(c1ccc(C)cc1)C(OC)C(F)F. The highest BCUT2D eigenvalue weighted by molar-refractivity contribution is 5.48. The molecule has 1 rings (SSSR count). The minimum absolute atomic E-state index is 0.478. The Morgan fingerprint density at radius 1 is 1.25 bits per heavy atom. The van der Waals surface area contributed by atoms with Gasteiger partial charge in [-0.2, -0.15) is 0 Å². The Hall–Kier alpha value is -1.16. The first-order valence-corrected chi connectivity index (χ1v) is 5.24. The summed E-state index contributed by atoms with van der Waals surface area (Å²) < 4.78 is 30.3. The number of hydrogen-bond donors (Lipinski definition) is 0. The number of aryl methyl sites for hydroxylation is 1. The van der Waals surface area contributed by atoms with Gasteiger partial charge in [-0.05, 0) is 26.0 Å². The molecule has 0 aliphatic heterocycles. The number of anilines is 1. The van der Waals surface area contributed by atoms with Gasteiger partial charge >= 0.3 is 0 Å². The molecule has 1 atom stereocenters. The molecule has 90 valence electrons. The van der Waals surface area contributed by atoms with Crippen LogP contribution in [-0.2, 0) is 4.74 Å². The monoisotopic (exact) mass is 229 g/mol. The summed E-state index contributed by atoms with van der Waals surface area (Å²) in [7, 11) is 1.30. The van der Waals surface area contributed by atoms with Crippen LogP contribution in [0.25, 0.3) is 0 Å². The molecular weight excluding hydrogens is 212 g/mol. The second-order valence-corrected chi connectivity index (χ2v) is 3.58. The molecule has 0 aliphatic rings. The third kappa shape index (κ3) is 2.92. The minimum atomic E-state index is -2.52. The number of halogens is 2. The van der Waals surface area contributed by atoms with Crippen molar-refractivity contribution in [2.75, 3.05) is 18.6 Å². The van der Waals surface area contributed by atoms with Gasteiger partial charge in [0.15, 0.2) is 6.23 Å². The van der Waals surface area contributed by atoms with Crippen molar-refractivity contribution in [1.29, 1.82) is 0 Å². The first-order chi connectivity index (χ1) is 7.60. The molecule has 1 unspecified atom stereocenters. The maximum atomic E-state index is 12.7. The van der Waals surface area contributed by atoms with Crippen molar-refractivity contribution < 1.29 is 13.5 Å². The zero-order chi connectivity index (χ0) is 12.1. The maximum absolute atomic E-state index is 12.7. The number of nitrogens with zero attached hydrogens (tertiary/aromatic N) is 1. The van der Waals surface area contributed by atoms with E-state index in [1.165, 1.54) is 7.11 Å². The lowest BCUT2D eigenvalue weighted by molar-refractivity contribution is -0.0329. The minimum Gasteiger partial charge on any atom is -0.356 e. The van der Waals surface area contributed by atoms with E-state index in [2.05, 4.69) is 0 Å². The second kappa shape index (κ2) is 5.80. The topological polar surface area (TPSA) is 12.5 Å². The van der Waals surface area contributed by atoms with Crippen molar-refractivity contribution in [2.45, 2.75) is 26.5 Å². The second-order valence-electron chi connectivity index (χ2n) is 3.58. The largest absolute Gasteiger partial charge is 0.356 e. The van der Waals surface area contributed by atoms with E-state index < -0.39 is 12.7 Å². The third-order valence-electron chi connectivity index (χ3n) is 2.47. The van der Waals surface area contributed by atoms with Gasteiger partial charge in [-0.3, -0.25) is 0 Å². The van der Waals surface area contributed by atoms with Crippen LogP contribution in [0.15, 0.2) is 24.3 Å². The lowest BCUT2D eigenvalue weighted by Gasteiger charge is -2.30. The highest BCUT2D eigenvalue weighted by Gasteiger charge is 2.26. The summed E-state index contributed by atoms with van der Waals surface area (Å²) in [6.45, 7) is 4.27. The average Bonchev–Trinajstić information content (AvgIpc) is 2.26. The normalized spacial score (nSPS) is 12.9. The van der Waals surface area contributed by atoms with Gasteiger partial charge in [0.25, 0.3) is 6.43 Å². The van der Waals surface area contributed by atoms with Gasteiger partial charge in [-0.15, -0.1) is 0 Å². The van der Waals surface area contributed by atoms with Crippen LogP contribution in [0.2, 0.25) is 0 Å². The Labute approximate surface area is 94.8 Å². The van der Waals surface area contributed by atoms with E-state index in [-0.39, 0.29) is 0 Å². The molecule has 0 aliphatic carbocycles. The summed E-state index contributed by atoms with van der Waals surface area (Å²) in [5.74, 6) is 0. The fourth-order valence-corrected chi connectivity index (χ4v) is 1.61. The number of rotatable bonds is 5. The molecule has 16 heavy (non-hydrogen) atoms. The molecule has 4 heteroatoms. The van der Waals surface area contributed by atoms with E-state index in [1.807, 2.05) is 38.1 Å². The van der Waals surface area contributed by atoms with Crippen LogP contribution < -0.4 is 4.90 Å². The summed E-state index contributed by atoms with van der Waals surface area (Å²) in [5.41, 5.74) is 1.85. The number of hydrogen-bond acceptors (Lipinski definition) is 2. The predicted molar refractivity (Wildman–Crippen MR) is 61.0 cm³/mol. The Morgan fingerprint density at radius 2 is 1.81 bits per heavy atom. The molecule has 0 N–H and O–H groups in total. The fourth-order valence-electron chi connectivity index (χ4n) is 1.61. The fraction of sp³-hybridized carbons (Fsp3) is 0.500. The Kier molecular flexibility index (Phi) is 4.68. The van der Waals surface area contributed by atoms with E-state index >= 15 is 0 Å². The number of methoxy groups -OCH3 is 1. The highest BCUT2D eigenvalue weighted by atomic mass is 19.3. The molecule has 0 saturated heterocycles. The molecule has 1 aromatic rings. The molecule has 0 fully saturated rings. The van der Waals surface area contributed by atoms with Crippen LogP contribution >= 0.6 is 0 Å². The van der Waals surface area contributed by atoms with Gasteiger partial charge in [0, 0.05) is 19.3 Å². The molecule has 1 aromatic carbocycles. The first kappa shape index (κ1) is 12.9. The summed E-state index contributed by atoms with van der Waals surface area (Å²) in [4.78, 5) is 1.55. The van der Waals surface area contributed by atoms with Crippen molar-refractivity contribution in [3.05, 3.63) is 29.8 Å². The first-order valence-electron chi connectivity index (χ1n) is 5.24. The highest BCUT2D eigenvalue weighted by Crippen LogP contribution is 2.21. The van der Waals surface area contributed by atoms with Gasteiger partial charge in [-0.25, -0.2) is 8.78 Å². The van der Waals surface area contributed by atoms with E-state index in [0.717, 1.165) is 11.3 Å². The van der Waals surface area contributed by atoms with Crippen molar-refractivity contribution in [1.82, 2.24) is 0 Å². The molecule has 0 amide bonds. The van der Waals surface area contributed by atoms with E-state index in [4.69, 9.17) is 4.74 Å². The van der Waals surface area contributed by atoms with Crippen LogP contribution in [0.4, 0.5) is 14.5 Å². The number of alkyl halides is 2. The van der Waals surface area contributed by atoms with E-state index in [9.17, 15) is 8.78 Å². The van der Waals surface area contributed by atoms with Crippen molar-refractivity contribution in [2.24, 2.45) is 0 Å². The zero-order valence-corrected chi connectivity index (χ0v) is 9.78. The van der Waals surface area contributed by atoms with Crippen molar-refractivity contribution in [3.63, 3.8) is 0 Å². The summed E-state index contributed by atoms with van der Waals surface area (Å²) in [6.07, 6.45) is -3.71. The molecule has 0 bridgehead atoms. The van der Waals surface area contributed by atoms with E-state index in [1.54, 1.807) is 4.90 Å². The van der Waals surface area contributed by atoms with Gasteiger partial charge in [0.1, 0.15) is 0 Å². The standard InChI is InChI=1S/C12H17F2NO/c1-4-15(12(16-3)11(13)14)10-7-5-9(2)6-8-10/h5-8,11-12H,4H2,1-3H3. The zero-order valence-electron chi connectivity index (χ0n) is 9.78. The van der Waals surface area contributed by atoms with Crippen molar-refractivity contribution >= 4 is 5.69 Å². The third-order valence-corrected chi connectivity index (χ3v) is 2.47. The molecular formula is C12H17F2NO. The van der Waals surface area contributed by atoms with E-state index in [0.29, 0.717) is 6.54 Å². The molecule has 0 aromatic heterocycles. The van der Waals surface area contributed by atoms with Gasteiger partial charge < -0.3 is 9.64 Å². The maximum Gasteiger partial charge on any atom is 0.282 e. The predicted octanol–water partition coefficient (Wildman–Crippen LogP) is 3.06. The Morgan fingerprint density at radius 3 is 2.19 bits per heavy atom. The van der Waals surface area contributed by atoms with Crippen LogP contribution in [0, 0.1) is 6.92 Å². The van der Waals surface area contributed by atoms with Gasteiger partial charge in [0.05, 0.1) is 0 Å². The lowest BCUT2D eigenvalue weighted by Crippen LogP contribution is -2.41. The number of benzene rings is 1.